The Morgan fingerprint density at radius 2 is 2.57 bits per heavy atom. The fraction of sp³-hybridized carbons (Fsp3) is 0.600. The van der Waals surface area contributed by atoms with E-state index in [1.54, 1.807) is 11.3 Å². The van der Waals surface area contributed by atoms with Gasteiger partial charge in [-0.3, -0.25) is 4.98 Å². The summed E-state index contributed by atoms with van der Waals surface area (Å²) in [5, 5.41) is 12.3. The van der Waals surface area contributed by atoms with Gasteiger partial charge in [0.15, 0.2) is 0 Å². The van der Waals surface area contributed by atoms with Crippen molar-refractivity contribution < 1.29 is 0 Å². The van der Waals surface area contributed by atoms with Crippen LogP contribution in [-0.2, 0) is 6.54 Å². The topological polar surface area (TPSA) is 48.7 Å². The Morgan fingerprint density at radius 3 is 3.29 bits per heavy atom. The Kier molecular flexibility index (Phi) is 3.12. The van der Waals surface area contributed by atoms with Crippen LogP contribution in [-0.4, -0.2) is 11.0 Å². The van der Waals surface area contributed by atoms with Crippen LogP contribution in [0.3, 0.4) is 0 Å². The van der Waals surface area contributed by atoms with E-state index in [2.05, 4.69) is 16.4 Å². The van der Waals surface area contributed by atoms with Gasteiger partial charge in [0, 0.05) is 23.7 Å². The van der Waals surface area contributed by atoms with E-state index in [1.807, 2.05) is 11.7 Å². The third-order valence-electron chi connectivity index (χ3n) is 2.70. The zero-order valence-corrected chi connectivity index (χ0v) is 8.76. The van der Waals surface area contributed by atoms with E-state index >= 15 is 0 Å². The molecule has 3 nitrogen and oxygen atoms in total. The van der Waals surface area contributed by atoms with Gasteiger partial charge in [0.05, 0.1) is 17.5 Å². The van der Waals surface area contributed by atoms with Crippen molar-refractivity contribution in [2.24, 2.45) is 5.92 Å². The molecule has 0 radical (unpaired) electrons. The molecule has 0 amide bonds. The molecule has 0 aliphatic heterocycles. The summed E-state index contributed by atoms with van der Waals surface area (Å²) in [5.41, 5.74) is 1.84. The minimum Gasteiger partial charge on any atom is -0.308 e. The van der Waals surface area contributed by atoms with Crippen molar-refractivity contribution >= 4 is 11.3 Å². The second kappa shape index (κ2) is 4.54. The van der Waals surface area contributed by atoms with E-state index in [9.17, 15) is 0 Å². The molecule has 1 N–H and O–H groups in total. The number of hydrogen-bond donors (Lipinski definition) is 1. The fourth-order valence-corrected chi connectivity index (χ4v) is 2.47. The first-order valence-electron chi connectivity index (χ1n) is 4.90. The summed E-state index contributed by atoms with van der Waals surface area (Å²) in [7, 11) is 0. The van der Waals surface area contributed by atoms with E-state index in [-0.39, 0.29) is 5.92 Å². The summed E-state index contributed by atoms with van der Waals surface area (Å²) in [6.07, 6.45) is 5.25. The average Bonchev–Trinajstić information content (AvgIpc) is 2.85. The van der Waals surface area contributed by atoms with Gasteiger partial charge in [0.25, 0.3) is 0 Å². The van der Waals surface area contributed by atoms with E-state index in [4.69, 9.17) is 5.26 Å². The number of nitrogens with zero attached hydrogens (tertiary/aromatic N) is 2. The first-order chi connectivity index (χ1) is 6.90. The summed E-state index contributed by atoms with van der Waals surface area (Å²) in [5.74, 6) is 0.211. The predicted molar refractivity (Wildman–Crippen MR) is 55.7 cm³/mol. The Bertz CT molecular complexity index is 315. The Labute approximate surface area is 87.8 Å². The van der Waals surface area contributed by atoms with E-state index in [0.717, 1.165) is 19.4 Å². The Hall–Kier alpha value is -0.920. The largest absolute Gasteiger partial charge is 0.308 e. The van der Waals surface area contributed by atoms with Crippen molar-refractivity contribution in [3.05, 3.63) is 16.6 Å². The molecule has 1 saturated carbocycles. The molecular formula is C10H13N3S. The number of rotatable bonds is 3. The molecule has 14 heavy (non-hydrogen) atoms. The highest BCUT2D eigenvalue weighted by atomic mass is 32.1. The van der Waals surface area contributed by atoms with Gasteiger partial charge in [0.2, 0.25) is 0 Å². The molecule has 0 spiro atoms. The zero-order chi connectivity index (χ0) is 9.80. The van der Waals surface area contributed by atoms with Crippen LogP contribution in [0.25, 0.3) is 0 Å². The van der Waals surface area contributed by atoms with Gasteiger partial charge in [0.1, 0.15) is 0 Å². The lowest BCUT2D eigenvalue weighted by Gasteiger charge is -2.14. The summed E-state index contributed by atoms with van der Waals surface area (Å²) in [6.45, 7) is 0.855. The minimum atomic E-state index is 0.211. The van der Waals surface area contributed by atoms with Gasteiger partial charge < -0.3 is 5.32 Å². The maximum Gasteiger partial charge on any atom is 0.0794 e. The molecule has 2 atom stereocenters. The first kappa shape index (κ1) is 9.63. The zero-order valence-electron chi connectivity index (χ0n) is 7.94. The molecule has 4 heteroatoms. The maximum absolute atomic E-state index is 8.89. The van der Waals surface area contributed by atoms with Crippen LogP contribution in [0.2, 0.25) is 0 Å². The molecule has 1 aromatic heterocycles. The molecule has 2 unspecified atom stereocenters. The number of aromatic nitrogens is 1. The Morgan fingerprint density at radius 1 is 1.64 bits per heavy atom. The molecule has 0 aromatic carbocycles. The molecule has 0 bridgehead atoms. The highest BCUT2D eigenvalue weighted by molar-refractivity contribution is 7.09. The summed E-state index contributed by atoms with van der Waals surface area (Å²) < 4.78 is 0. The van der Waals surface area contributed by atoms with Crippen molar-refractivity contribution in [3.63, 3.8) is 0 Å². The van der Waals surface area contributed by atoms with Crippen molar-refractivity contribution in [2.75, 3.05) is 0 Å². The lowest BCUT2D eigenvalue weighted by molar-refractivity contribution is 0.466. The SMILES string of the molecule is N#CC1CCCC1NCc1cncs1. The van der Waals surface area contributed by atoms with Crippen LogP contribution in [0.5, 0.6) is 0 Å². The summed E-state index contributed by atoms with van der Waals surface area (Å²) >= 11 is 1.66. The molecule has 1 aliphatic carbocycles. The van der Waals surface area contributed by atoms with Crippen molar-refractivity contribution in [2.45, 2.75) is 31.8 Å². The van der Waals surface area contributed by atoms with Crippen LogP contribution in [0.4, 0.5) is 0 Å². The lowest BCUT2D eigenvalue weighted by atomic mass is 10.1. The molecule has 1 aliphatic rings. The monoisotopic (exact) mass is 207 g/mol. The van der Waals surface area contributed by atoms with E-state index < -0.39 is 0 Å². The van der Waals surface area contributed by atoms with Crippen molar-refractivity contribution in [1.29, 1.82) is 5.26 Å². The van der Waals surface area contributed by atoms with Gasteiger partial charge in [-0.15, -0.1) is 11.3 Å². The van der Waals surface area contributed by atoms with Crippen LogP contribution >= 0.6 is 11.3 Å². The maximum atomic E-state index is 8.89. The molecule has 1 aromatic rings. The van der Waals surface area contributed by atoms with Gasteiger partial charge in [-0.25, -0.2) is 0 Å². The summed E-state index contributed by atoms with van der Waals surface area (Å²) in [6, 6.07) is 2.76. The van der Waals surface area contributed by atoms with Gasteiger partial charge >= 0.3 is 0 Å². The molecule has 74 valence electrons. The second-order valence-electron chi connectivity index (χ2n) is 3.62. The molecule has 1 heterocycles. The van der Waals surface area contributed by atoms with E-state index in [0.29, 0.717) is 6.04 Å². The molecular weight excluding hydrogens is 194 g/mol. The van der Waals surface area contributed by atoms with Gasteiger partial charge in [-0.1, -0.05) is 6.42 Å². The highest BCUT2D eigenvalue weighted by Crippen LogP contribution is 2.25. The second-order valence-corrected chi connectivity index (χ2v) is 4.59. The standard InChI is InChI=1S/C10H13N3S/c11-4-8-2-1-3-10(8)13-6-9-5-12-7-14-9/h5,7-8,10,13H,1-3,6H2. The highest BCUT2D eigenvalue weighted by Gasteiger charge is 2.26. The normalized spacial score (nSPS) is 26.2. The summed E-state index contributed by atoms with van der Waals surface area (Å²) in [4.78, 5) is 5.26. The quantitative estimate of drug-likeness (QED) is 0.823. The number of thiazole rings is 1. The van der Waals surface area contributed by atoms with Crippen LogP contribution < -0.4 is 5.32 Å². The Balaban J connectivity index is 1.83. The molecule has 2 rings (SSSR count). The van der Waals surface area contributed by atoms with Gasteiger partial charge in [-0.2, -0.15) is 5.26 Å². The molecule has 1 fully saturated rings. The molecule has 0 saturated heterocycles. The number of hydrogen-bond acceptors (Lipinski definition) is 4. The average molecular weight is 207 g/mol. The van der Waals surface area contributed by atoms with Crippen LogP contribution in [0.15, 0.2) is 11.7 Å². The first-order valence-corrected chi connectivity index (χ1v) is 5.78. The fourth-order valence-electron chi connectivity index (χ4n) is 1.92. The number of nitrogens with one attached hydrogen (secondary N) is 1. The minimum absolute atomic E-state index is 0.211. The van der Waals surface area contributed by atoms with Crippen LogP contribution in [0.1, 0.15) is 24.1 Å². The smallest absolute Gasteiger partial charge is 0.0794 e. The number of nitriles is 1. The van der Waals surface area contributed by atoms with Crippen molar-refractivity contribution in [1.82, 2.24) is 10.3 Å². The van der Waals surface area contributed by atoms with Crippen LogP contribution in [0, 0.1) is 17.2 Å². The van der Waals surface area contributed by atoms with Crippen molar-refractivity contribution in [3.8, 4) is 6.07 Å². The third-order valence-corrected chi connectivity index (χ3v) is 3.48. The lowest BCUT2D eigenvalue weighted by Crippen LogP contribution is -2.30. The van der Waals surface area contributed by atoms with E-state index in [1.165, 1.54) is 11.3 Å². The van der Waals surface area contributed by atoms with Gasteiger partial charge in [-0.05, 0) is 12.8 Å². The predicted octanol–water partition coefficient (Wildman–Crippen LogP) is 1.92. The third kappa shape index (κ3) is 2.11.